The first kappa shape index (κ1) is 26.7. The fourth-order valence-corrected chi connectivity index (χ4v) is 6.63. The predicted octanol–water partition coefficient (Wildman–Crippen LogP) is 4.32. The average Bonchev–Trinajstić information content (AvgIpc) is 2.90. The number of fused-ring (bicyclic) bond motifs is 3. The molecule has 204 valence electrons. The van der Waals surface area contributed by atoms with E-state index in [1.807, 2.05) is 32.0 Å². The van der Waals surface area contributed by atoms with E-state index < -0.39 is 40.5 Å². The van der Waals surface area contributed by atoms with Gasteiger partial charge in [0.25, 0.3) is 0 Å². The Morgan fingerprint density at radius 2 is 1.79 bits per heavy atom. The number of rotatable bonds is 5. The number of methoxy groups -OCH3 is 1. The van der Waals surface area contributed by atoms with Gasteiger partial charge < -0.3 is 25.0 Å². The van der Waals surface area contributed by atoms with Gasteiger partial charge in [-0.15, -0.1) is 0 Å². The first-order valence-electron chi connectivity index (χ1n) is 13.1. The van der Waals surface area contributed by atoms with Gasteiger partial charge >= 0.3 is 0 Å². The number of aliphatic hydroxyl groups excluding tert-OH is 1. The summed E-state index contributed by atoms with van der Waals surface area (Å²) in [5, 5.41) is 34.6. The van der Waals surface area contributed by atoms with E-state index >= 15 is 0 Å². The monoisotopic (exact) mass is 531 g/mol. The van der Waals surface area contributed by atoms with Crippen molar-refractivity contribution in [2.45, 2.75) is 45.1 Å². The van der Waals surface area contributed by atoms with Crippen molar-refractivity contribution < 1.29 is 34.4 Å². The average molecular weight is 532 g/mol. The molecule has 3 N–H and O–H groups in total. The molecule has 0 radical (unpaired) electrons. The summed E-state index contributed by atoms with van der Waals surface area (Å²) in [6.07, 6.45) is 1.39. The lowest BCUT2D eigenvalue weighted by Crippen LogP contribution is -2.56. The third kappa shape index (κ3) is 3.80. The van der Waals surface area contributed by atoms with Crippen LogP contribution in [0.15, 0.2) is 52.8 Å². The molecule has 5 rings (SSSR count). The first-order chi connectivity index (χ1) is 18.4. The van der Waals surface area contributed by atoms with Crippen molar-refractivity contribution in [2.24, 2.45) is 11.8 Å². The highest BCUT2D eigenvalue weighted by atomic mass is 16.5. The number of anilines is 1. The third-order valence-corrected chi connectivity index (χ3v) is 8.57. The quantitative estimate of drug-likeness (QED) is 0.488. The van der Waals surface area contributed by atoms with Crippen LogP contribution in [-0.2, 0) is 16.0 Å². The number of phenols is 1. The van der Waals surface area contributed by atoms with Crippen LogP contribution < -0.4 is 9.64 Å². The minimum Gasteiger partial charge on any atom is -0.508 e. The van der Waals surface area contributed by atoms with Crippen molar-refractivity contribution in [1.82, 2.24) is 0 Å². The zero-order valence-electron chi connectivity index (χ0n) is 22.8. The molecule has 0 spiro atoms. The summed E-state index contributed by atoms with van der Waals surface area (Å²) in [6.45, 7) is 3.12. The lowest BCUT2D eigenvalue weighted by atomic mass is 9.59. The Bertz CT molecular complexity index is 1480. The maximum atomic E-state index is 14.1. The van der Waals surface area contributed by atoms with E-state index in [1.165, 1.54) is 6.92 Å². The highest BCUT2D eigenvalue weighted by molar-refractivity contribution is 6.25. The van der Waals surface area contributed by atoms with Crippen molar-refractivity contribution in [3.8, 4) is 22.6 Å². The molecule has 0 unspecified atom stereocenters. The predicted molar refractivity (Wildman–Crippen MR) is 146 cm³/mol. The van der Waals surface area contributed by atoms with Gasteiger partial charge in [0.1, 0.15) is 17.3 Å². The van der Waals surface area contributed by atoms with Gasteiger partial charge in [0.2, 0.25) is 5.78 Å². The maximum Gasteiger partial charge on any atom is 0.205 e. The van der Waals surface area contributed by atoms with E-state index in [0.29, 0.717) is 40.9 Å². The molecule has 2 aromatic carbocycles. The van der Waals surface area contributed by atoms with Gasteiger partial charge in [-0.05, 0) is 67.9 Å². The molecule has 3 aliphatic rings. The molecule has 0 amide bonds. The van der Waals surface area contributed by atoms with Gasteiger partial charge in [0.05, 0.1) is 18.2 Å². The van der Waals surface area contributed by atoms with Crippen molar-refractivity contribution in [2.75, 3.05) is 26.1 Å². The lowest BCUT2D eigenvalue weighted by molar-refractivity contribution is -0.143. The molecule has 0 bridgehead atoms. The van der Waals surface area contributed by atoms with Crippen LogP contribution >= 0.6 is 0 Å². The number of ether oxygens (including phenoxy) is 1. The first-order valence-corrected chi connectivity index (χ1v) is 13.1. The van der Waals surface area contributed by atoms with Crippen molar-refractivity contribution >= 4 is 23.0 Å². The Morgan fingerprint density at radius 3 is 2.36 bits per heavy atom. The largest absolute Gasteiger partial charge is 0.508 e. The summed E-state index contributed by atoms with van der Waals surface area (Å²) in [5.41, 5.74) is 0.714. The van der Waals surface area contributed by atoms with E-state index in [9.17, 15) is 29.7 Å². The minimum atomic E-state index is -2.35. The Balaban J connectivity index is 1.70. The van der Waals surface area contributed by atoms with Crippen LogP contribution in [0, 0.1) is 11.8 Å². The number of hydrogen-bond donors (Lipinski definition) is 3. The third-order valence-electron chi connectivity index (χ3n) is 8.57. The van der Waals surface area contributed by atoms with Crippen molar-refractivity contribution in [3.05, 3.63) is 63.9 Å². The number of aliphatic hydroxyl groups is 2. The van der Waals surface area contributed by atoms with Crippen LogP contribution in [0.3, 0.4) is 0 Å². The SMILES string of the molecule is CCC1=C(C(C)=O)C(=O)[C@]2(O)C(O)=C3C(=O)c4c(O)c(-c5ccc(OC)cc5)cc(N(C)C)c4C[C@@H]3C[C@@H]2C1. The normalized spacial score (nSPS) is 24.3. The highest BCUT2D eigenvalue weighted by Gasteiger charge is 2.59. The molecular formula is C31H33NO7. The smallest absolute Gasteiger partial charge is 0.205 e. The molecule has 8 heteroatoms. The Hall–Kier alpha value is -3.91. The second-order valence-electron chi connectivity index (χ2n) is 10.9. The highest BCUT2D eigenvalue weighted by Crippen LogP contribution is 2.54. The van der Waals surface area contributed by atoms with Crippen LogP contribution in [0.5, 0.6) is 11.5 Å². The number of carbonyl (C=O) groups is 3. The van der Waals surface area contributed by atoms with E-state index in [4.69, 9.17) is 4.74 Å². The minimum absolute atomic E-state index is 0.0479. The van der Waals surface area contributed by atoms with Gasteiger partial charge in [0, 0.05) is 36.8 Å². The summed E-state index contributed by atoms with van der Waals surface area (Å²) in [7, 11) is 5.28. The van der Waals surface area contributed by atoms with Gasteiger partial charge in [-0.2, -0.15) is 0 Å². The lowest BCUT2D eigenvalue weighted by Gasteiger charge is -2.46. The van der Waals surface area contributed by atoms with Gasteiger partial charge in [-0.1, -0.05) is 24.6 Å². The fraction of sp³-hybridized carbons (Fsp3) is 0.387. The van der Waals surface area contributed by atoms with Crippen molar-refractivity contribution in [3.63, 3.8) is 0 Å². The molecule has 3 atom stereocenters. The maximum absolute atomic E-state index is 14.1. The van der Waals surface area contributed by atoms with Crippen molar-refractivity contribution in [1.29, 1.82) is 0 Å². The van der Waals surface area contributed by atoms with Crippen LogP contribution in [-0.4, -0.2) is 59.5 Å². The molecule has 0 saturated heterocycles. The Labute approximate surface area is 227 Å². The summed E-state index contributed by atoms with van der Waals surface area (Å²) in [6, 6.07) is 8.92. The second kappa shape index (κ2) is 9.38. The summed E-state index contributed by atoms with van der Waals surface area (Å²) in [5.74, 6) is -3.35. The molecule has 0 fully saturated rings. The van der Waals surface area contributed by atoms with E-state index in [2.05, 4.69) is 0 Å². The van der Waals surface area contributed by atoms with E-state index in [1.54, 1.807) is 31.4 Å². The zero-order valence-corrected chi connectivity index (χ0v) is 22.8. The summed E-state index contributed by atoms with van der Waals surface area (Å²) < 4.78 is 5.24. The number of aromatic hydroxyl groups is 1. The second-order valence-corrected chi connectivity index (χ2v) is 10.9. The number of phenolic OH excluding ortho intramolecular Hbond substituents is 1. The molecular weight excluding hydrogens is 498 g/mol. The molecule has 0 saturated carbocycles. The summed E-state index contributed by atoms with van der Waals surface area (Å²) >= 11 is 0. The van der Waals surface area contributed by atoms with Crippen LogP contribution in [0.4, 0.5) is 5.69 Å². The number of benzene rings is 2. The number of ketones is 3. The molecule has 0 aromatic heterocycles. The standard InChI is InChI=1S/C31H33NO7/c1-6-16-11-19-12-18-13-22-23(32(3)4)14-21(17-7-9-20(39-5)10-8-17)27(34)26(22)28(35)25(18)30(37)31(19,38)29(36)24(16)15(2)33/h7-10,14,18-19,34,37-38H,6,11-13H2,1-5H3/t18-,19-,31-/m0/s1. The fourth-order valence-electron chi connectivity index (χ4n) is 6.63. The Morgan fingerprint density at radius 1 is 1.13 bits per heavy atom. The Kier molecular flexibility index (Phi) is 6.42. The molecule has 39 heavy (non-hydrogen) atoms. The zero-order chi connectivity index (χ0) is 28.4. The molecule has 3 aliphatic carbocycles. The van der Waals surface area contributed by atoms with E-state index in [0.717, 1.165) is 5.69 Å². The number of allylic oxidation sites excluding steroid dienone is 2. The van der Waals surface area contributed by atoms with Crippen LogP contribution in [0.25, 0.3) is 11.1 Å². The molecule has 0 aliphatic heterocycles. The summed E-state index contributed by atoms with van der Waals surface area (Å²) in [4.78, 5) is 41.9. The number of hydrogen-bond acceptors (Lipinski definition) is 8. The van der Waals surface area contributed by atoms with Gasteiger partial charge in [0.15, 0.2) is 17.2 Å². The molecule has 0 heterocycles. The number of carbonyl (C=O) groups excluding carboxylic acids is 3. The van der Waals surface area contributed by atoms with Gasteiger partial charge in [-0.3, -0.25) is 14.4 Å². The van der Waals surface area contributed by atoms with E-state index in [-0.39, 0.29) is 35.3 Å². The van der Waals surface area contributed by atoms with Crippen LogP contribution in [0.2, 0.25) is 0 Å². The topological polar surface area (TPSA) is 124 Å². The van der Waals surface area contributed by atoms with Gasteiger partial charge in [-0.25, -0.2) is 0 Å². The number of Topliss-reactive ketones (excluding diaryl/α,β-unsaturated/α-hetero) is 3. The molecule has 2 aromatic rings. The van der Waals surface area contributed by atoms with Crippen LogP contribution in [0.1, 0.15) is 49.0 Å². The number of nitrogens with zero attached hydrogens (tertiary/aromatic N) is 1. The molecule has 8 nitrogen and oxygen atoms in total.